The number of nitrogens with zero attached hydrogens (tertiary/aromatic N) is 3. The van der Waals surface area contributed by atoms with Crippen LogP contribution in [0, 0.1) is 0 Å². The van der Waals surface area contributed by atoms with Gasteiger partial charge in [0.1, 0.15) is 4.91 Å². The molecular weight excluding hydrogens is 416 g/mol. The number of carbonyl (C=O) groups is 2. The summed E-state index contributed by atoms with van der Waals surface area (Å²) in [5.41, 5.74) is 2.46. The third-order valence-electron chi connectivity index (χ3n) is 4.44. The minimum Gasteiger partial charge on any atom is -0.344 e. The zero-order valence-electron chi connectivity index (χ0n) is 16.5. The molecule has 0 saturated carbocycles. The highest BCUT2D eigenvalue weighted by molar-refractivity contribution is 8.19. The number of nitrogens with one attached hydrogen (secondary N) is 1. The number of amides is 2. The lowest BCUT2D eigenvalue weighted by Crippen LogP contribution is -2.29. The summed E-state index contributed by atoms with van der Waals surface area (Å²) in [6, 6.07) is 17.1. The number of benzene rings is 2. The van der Waals surface area contributed by atoms with Gasteiger partial charge in [0, 0.05) is 25.9 Å². The first-order chi connectivity index (χ1) is 14.5. The van der Waals surface area contributed by atoms with Gasteiger partial charge in [0.05, 0.1) is 17.3 Å². The van der Waals surface area contributed by atoms with Crippen LogP contribution >= 0.6 is 23.5 Å². The average Bonchev–Trinajstić information content (AvgIpc) is 3.28. The van der Waals surface area contributed by atoms with Gasteiger partial charge < -0.3 is 10.2 Å². The van der Waals surface area contributed by atoms with Crippen molar-refractivity contribution in [2.75, 3.05) is 12.4 Å². The Bertz CT molecular complexity index is 1060. The highest BCUT2D eigenvalue weighted by Gasteiger charge is 2.37. The maximum absolute atomic E-state index is 13.3. The van der Waals surface area contributed by atoms with E-state index in [2.05, 4.69) is 5.32 Å². The zero-order valence-corrected chi connectivity index (χ0v) is 18.2. The third kappa shape index (κ3) is 4.44. The van der Waals surface area contributed by atoms with Crippen molar-refractivity contribution in [3.05, 3.63) is 81.7 Å². The maximum Gasteiger partial charge on any atom is 0.269 e. The lowest BCUT2D eigenvalue weighted by atomic mass is 10.2. The molecule has 1 fully saturated rings. The van der Waals surface area contributed by atoms with Gasteiger partial charge in [-0.3, -0.25) is 14.5 Å². The fourth-order valence-corrected chi connectivity index (χ4v) is 5.09. The van der Waals surface area contributed by atoms with Crippen LogP contribution in [0.25, 0.3) is 0 Å². The molecule has 2 amide bonds. The summed E-state index contributed by atoms with van der Waals surface area (Å²) in [5.74, 6) is -0.168. The number of hydrogen-bond donors (Lipinski definition) is 1. The van der Waals surface area contributed by atoms with Crippen LogP contribution < -0.4 is 5.32 Å². The van der Waals surface area contributed by atoms with Gasteiger partial charge in [-0.1, -0.05) is 42.1 Å². The number of thioether (sulfide) groups is 2. The van der Waals surface area contributed by atoms with Crippen molar-refractivity contribution < 1.29 is 9.59 Å². The summed E-state index contributed by atoms with van der Waals surface area (Å²) >= 11 is 2.93. The van der Waals surface area contributed by atoms with Gasteiger partial charge in [-0.15, -0.1) is 0 Å². The highest BCUT2D eigenvalue weighted by Crippen LogP contribution is 2.42. The zero-order chi connectivity index (χ0) is 21.1. The summed E-state index contributed by atoms with van der Waals surface area (Å²) in [7, 11) is 1.93. The molecule has 2 heterocycles. The molecule has 6 nitrogen and oxygen atoms in total. The Labute approximate surface area is 183 Å². The largest absolute Gasteiger partial charge is 0.344 e. The lowest BCUT2D eigenvalue weighted by Gasteiger charge is -2.16. The van der Waals surface area contributed by atoms with Gasteiger partial charge in [-0.25, -0.2) is 4.99 Å². The van der Waals surface area contributed by atoms with E-state index in [9.17, 15) is 9.59 Å². The lowest BCUT2D eigenvalue weighted by molar-refractivity contribution is -0.122. The van der Waals surface area contributed by atoms with E-state index < -0.39 is 0 Å². The summed E-state index contributed by atoms with van der Waals surface area (Å²) in [6.45, 7) is 1.92. The van der Waals surface area contributed by atoms with Crippen LogP contribution in [0.3, 0.4) is 0 Å². The average molecular weight is 437 g/mol. The summed E-state index contributed by atoms with van der Waals surface area (Å²) in [5, 5.41) is 6.26. The minimum absolute atomic E-state index is 0.0458. The van der Waals surface area contributed by atoms with Crippen molar-refractivity contribution in [1.29, 1.82) is 0 Å². The van der Waals surface area contributed by atoms with Crippen LogP contribution in [0.15, 0.2) is 81.1 Å². The molecule has 4 rings (SSSR count). The smallest absolute Gasteiger partial charge is 0.269 e. The molecule has 0 aromatic heterocycles. The van der Waals surface area contributed by atoms with Gasteiger partial charge in [0.25, 0.3) is 5.91 Å². The summed E-state index contributed by atoms with van der Waals surface area (Å²) < 4.78 is 0. The van der Waals surface area contributed by atoms with E-state index in [4.69, 9.17) is 4.99 Å². The van der Waals surface area contributed by atoms with Crippen molar-refractivity contribution in [2.24, 2.45) is 4.99 Å². The quantitative estimate of drug-likeness (QED) is 0.702. The molecule has 2 aromatic carbocycles. The molecule has 1 N–H and O–H groups in total. The van der Waals surface area contributed by atoms with Crippen LogP contribution in [0.4, 0.5) is 11.4 Å². The van der Waals surface area contributed by atoms with E-state index >= 15 is 0 Å². The number of anilines is 1. The molecule has 8 heteroatoms. The fourth-order valence-electron chi connectivity index (χ4n) is 3.01. The van der Waals surface area contributed by atoms with Gasteiger partial charge in [-0.2, -0.15) is 0 Å². The van der Waals surface area contributed by atoms with E-state index in [0.717, 1.165) is 10.6 Å². The molecule has 0 bridgehead atoms. The van der Waals surface area contributed by atoms with Crippen molar-refractivity contribution in [2.45, 2.75) is 13.5 Å². The predicted molar refractivity (Wildman–Crippen MR) is 124 cm³/mol. The van der Waals surface area contributed by atoms with E-state index in [0.29, 0.717) is 28.0 Å². The van der Waals surface area contributed by atoms with E-state index in [1.807, 2.05) is 66.0 Å². The van der Waals surface area contributed by atoms with Crippen molar-refractivity contribution in [3.63, 3.8) is 0 Å². The molecule has 30 heavy (non-hydrogen) atoms. The Morgan fingerprint density at radius 1 is 1.10 bits per heavy atom. The molecule has 0 spiro atoms. The van der Waals surface area contributed by atoms with Crippen LogP contribution in [0.1, 0.15) is 12.5 Å². The number of amidine groups is 1. The summed E-state index contributed by atoms with van der Waals surface area (Å²) in [4.78, 5) is 33.6. The third-order valence-corrected chi connectivity index (χ3v) is 6.61. The van der Waals surface area contributed by atoms with Gasteiger partial charge >= 0.3 is 0 Å². The molecule has 2 aliphatic rings. The van der Waals surface area contributed by atoms with E-state index in [-0.39, 0.29) is 11.8 Å². The molecule has 0 aliphatic carbocycles. The van der Waals surface area contributed by atoms with Crippen LogP contribution in [0.2, 0.25) is 0 Å². The molecule has 0 atom stereocenters. The molecule has 1 saturated heterocycles. The molecule has 152 valence electrons. The van der Waals surface area contributed by atoms with Gasteiger partial charge in [0.2, 0.25) is 5.91 Å². The second kappa shape index (κ2) is 8.81. The maximum atomic E-state index is 13.3. The molecule has 2 aromatic rings. The number of carbonyl (C=O) groups excluding carboxylic acids is 2. The van der Waals surface area contributed by atoms with E-state index in [1.54, 1.807) is 17.0 Å². The van der Waals surface area contributed by atoms with Crippen LogP contribution in [-0.2, 0) is 16.1 Å². The Kier molecular flexibility index (Phi) is 5.96. The number of hydrogen-bond acceptors (Lipinski definition) is 6. The second-order valence-electron chi connectivity index (χ2n) is 6.75. The first kappa shape index (κ1) is 20.3. The molecule has 0 radical (unpaired) electrons. The Morgan fingerprint density at radius 2 is 1.83 bits per heavy atom. The second-order valence-corrected chi connectivity index (χ2v) is 8.62. The van der Waals surface area contributed by atoms with Crippen LogP contribution in [0.5, 0.6) is 0 Å². The molecular formula is C22H20N4O2S2. The standard InChI is InChI=1S/C22H20N4O2S2/c1-15(27)23-17-8-10-18(11-9-17)24-22-26(14-16-6-4-3-5-7-16)20(28)19(30-22)21-25(2)12-13-29-21/h3-13H,14H2,1-2H3,(H,23,27)/b21-19-,24-22?. The monoisotopic (exact) mass is 436 g/mol. The normalized spacial score (nSPS) is 19.8. The number of aliphatic imine (C=N–C) groups is 1. The molecule has 0 unspecified atom stereocenters. The van der Waals surface area contributed by atoms with Crippen molar-refractivity contribution >= 4 is 51.9 Å². The first-order valence-electron chi connectivity index (χ1n) is 9.31. The SMILES string of the molecule is CC(=O)Nc1ccc(N=C2S/C(=C3\SC=CN3C)C(=O)N2Cc2ccccc2)cc1. The minimum atomic E-state index is -0.122. The van der Waals surface area contributed by atoms with Crippen molar-refractivity contribution in [3.8, 4) is 0 Å². The van der Waals surface area contributed by atoms with Gasteiger partial charge in [-0.05, 0) is 47.0 Å². The number of rotatable bonds is 4. The Morgan fingerprint density at radius 3 is 2.47 bits per heavy atom. The highest BCUT2D eigenvalue weighted by atomic mass is 32.2. The predicted octanol–water partition coefficient (Wildman–Crippen LogP) is 4.73. The Balaban J connectivity index is 1.66. The first-order valence-corrected chi connectivity index (χ1v) is 11.0. The topological polar surface area (TPSA) is 65.0 Å². The van der Waals surface area contributed by atoms with E-state index in [1.165, 1.54) is 30.4 Å². The Hall–Kier alpha value is -2.97. The summed E-state index contributed by atoms with van der Waals surface area (Å²) in [6.07, 6.45) is 1.94. The van der Waals surface area contributed by atoms with Crippen LogP contribution in [-0.4, -0.2) is 33.8 Å². The fraction of sp³-hybridized carbons (Fsp3) is 0.136. The van der Waals surface area contributed by atoms with Gasteiger partial charge in [0.15, 0.2) is 5.17 Å². The van der Waals surface area contributed by atoms with Crippen molar-refractivity contribution in [1.82, 2.24) is 9.80 Å². The molecule has 2 aliphatic heterocycles.